The topological polar surface area (TPSA) is 0 Å². The van der Waals surface area contributed by atoms with Gasteiger partial charge in [-0.25, -0.2) is 13.2 Å². The Morgan fingerprint density at radius 3 is 2.59 bits per heavy atom. The Bertz CT molecular complexity index is 1030. The quantitative estimate of drug-likeness (QED) is 0.514. The summed E-state index contributed by atoms with van der Waals surface area (Å²) < 4.78 is 39.5. The van der Waals surface area contributed by atoms with Crippen molar-refractivity contribution in [3.05, 3.63) is 112 Å². The second kappa shape index (κ2) is 7.30. The molecule has 2 aliphatic carbocycles. The van der Waals surface area contributed by atoms with Crippen LogP contribution in [0.2, 0.25) is 0 Å². The molecule has 2 aliphatic rings. The Morgan fingerprint density at radius 2 is 1.81 bits per heavy atom. The third-order valence-electron chi connectivity index (χ3n) is 4.87. The molecule has 3 heteroatoms. The van der Waals surface area contributed by atoms with Crippen LogP contribution in [0.1, 0.15) is 35.1 Å². The smallest absolute Gasteiger partial charge is 0.207 e. The normalized spacial score (nSPS) is 17.1. The molecule has 27 heavy (non-hydrogen) atoms. The highest BCUT2D eigenvalue weighted by Gasteiger charge is 2.19. The lowest BCUT2D eigenvalue weighted by Gasteiger charge is -2.13. The van der Waals surface area contributed by atoms with Crippen molar-refractivity contribution >= 4 is 11.6 Å². The van der Waals surface area contributed by atoms with Gasteiger partial charge in [0.1, 0.15) is 5.82 Å². The van der Waals surface area contributed by atoms with Crippen LogP contribution in [0.5, 0.6) is 0 Å². The maximum absolute atomic E-state index is 13.8. The fourth-order valence-corrected chi connectivity index (χ4v) is 3.51. The highest BCUT2D eigenvalue weighted by Crippen LogP contribution is 2.37. The molecule has 0 amide bonds. The molecule has 0 bridgehead atoms. The number of alkyl halides is 2. The molecule has 0 aliphatic heterocycles. The van der Waals surface area contributed by atoms with E-state index in [-0.39, 0.29) is 11.4 Å². The van der Waals surface area contributed by atoms with Crippen LogP contribution in [0.15, 0.2) is 83.6 Å². The Hall–Kier alpha value is -3.03. The second-order valence-electron chi connectivity index (χ2n) is 6.60. The predicted octanol–water partition coefficient (Wildman–Crippen LogP) is 6.83. The van der Waals surface area contributed by atoms with Crippen LogP contribution in [0.3, 0.4) is 0 Å². The predicted molar refractivity (Wildman–Crippen MR) is 103 cm³/mol. The highest BCUT2D eigenvalue weighted by atomic mass is 19.3. The summed E-state index contributed by atoms with van der Waals surface area (Å²) in [6.45, 7) is 0. The molecule has 0 aromatic heterocycles. The summed E-state index contributed by atoms with van der Waals surface area (Å²) in [5.74, 6) is -0.252. The highest BCUT2D eigenvalue weighted by molar-refractivity contribution is 5.95. The minimum atomic E-state index is -2.48. The van der Waals surface area contributed by atoms with Gasteiger partial charge < -0.3 is 0 Å². The average molecular weight is 362 g/mol. The first-order chi connectivity index (χ1) is 13.1. The van der Waals surface area contributed by atoms with E-state index in [1.165, 1.54) is 18.2 Å². The molecular weight excluding hydrogens is 345 g/mol. The minimum absolute atomic E-state index is 0.00175. The summed E-state index contributed by atoms with van der Waals surface area (Å²) >= 11 is 0. The molecule has 2 aromatic carbocycles. The van der Waals surface area contributed by atoms with E-state index >= 15 is 0 Å². The van der Waals surface area contributed by atoms with E-state index in [0.717, 1.165) is 46.3 Å². The first-order valence-corrected chi connectivity index (χ1v) is 8.83. The standard InChI is InChI=1S/C24H17F3/c25-20-12-13-22-19(15-20)11-10-17-4-2-1-3-5-21(17)23(22)14-16-6-8-18(9-7-16)24(26)27/h1,3-9,12-15,24H,10-11H2/b23-14+. The van der Waals surface area contributed by atoms with Crippen molar-refractivity contribution in [2.75, 3.05) is 0 Å². The molecule has 0 radical (unpaired) electrons. The fourth-order valence-electron chi connectivity index (χ4n) is 3.51. The minimum Gasteiger partial charge on any atom is -0.207 e. The van der Waals surface area contributed by atoms with Gasteiger partial charge in [-0.1, -0.05) is 42.5 Å². The van der Waals surface area contributed by atoms with Gasteiger partial charge >= 0.3 is 0 Å². The summed E-state index contributed by atoms with van der Waals surface area (Å²) in [6, 6.07) is 11.1. The molecular formula is C24H17F3. The van der Waals surface area contributed by atoms with E-state index in [1.807, 2.05) is 30.4 Å². The summed E-state index contributed by atoms with van der Waals surface area (Å²) in [5.41, 5.74) is 9.04. The maximum Gasteiger partial charge on any atom is 0.263 e. The Morgan fingerprint density at radius 1 is 1.00 bits per heavy atom. The lowest BCUT2D eigenvalue weighted by Crippen LogP contribution is -1.94. The van der Waals surface area contributed by atoms with Gasteiger partial charge in [0.15, 0.2) is 0 Å². The number of halogens is 3. The van der Waals surface area contributed by atoms with Crippen LogP contribution in [0.4, 0.5) is 13.2 Å². The van der Waals surface area contributed by atoms with Gasteiger partial charge in [-0.15, -0.1) is 5.73 Å². The zero-order valence-corrected chi connectivity index (χ0v) is 14.6. The van der Waals surface area contributed by atoms with E-state index in [9.17, 15) is 13.2 Å². The first-order valence-electron chi connectivity index (χ1n) is 8.83. The van der Waals surface area contributed by atoms with E-state index < -0.39 is 6.43 Å². The number of aryl methyl sites for hydroxylation is 1. The largest absolute Gasteiger partial charge is 0.263 e. The van der Waals surface area contributed by atoms with Crippen LogP contribution < -0.4 is 0 Å². The fraction of sp³-hybridized carbons (Fsp3) is 0.125. The third kappa shape index (κ3) is 3.60. The van der Waals surface area contributed by atoms with Crippen molar-refractivity contribution in [1.82, 2.24) is 0 Å². The lowest BCUT2D eigenvalue weighted by atomic mass is 9.91. The zero-order chi connectivity index (χ0) is 18.8. The van der Waals surface area contributed by atoms with Crippen molar-refractivity contribution in [3.63, 3.8) is 0 Å². The SMILES string of the molecule is Fc1ccc2c(c1)CCC1=C(C=CC=C=C1)/C2=C\c1ccc(C(F)F)cc1. The molecule has 134 valence electrons. The third-order valence-corrected chi connectivity index (χ3v) is 4.87. The van der Waals surface area contributed by atoms with Gasteiger partial charge in [-0.3, -0.25) is 0 Å². The Balaban J connectivity index is 1.88. The van der Waals surface area contributed by atoms with Gasteiger partial charge in [0.25, 0.3) is 6.43 Å². The van der Waals surface area contributed by atoms with Crippen molar-refractivity contribution < 1.29 is 13.2 Å². The van der Waals surface area contributed by atoms with Gasteiger partial charge in [0.2, 0.25) is 0 Å². The second-order valence-corrected chi connectivity index (χ2v) is 6.60. The number of allylic oxidation sites excluding steroid dienone is 6. The summed E-state index contributed by atoms with van der Waals surface area (Å²) in [5, 5.41) is 0. The summed E-state index contributed by atoms with van der Waals surface area (Å²) in [4.78, 5) is 0. The number of benzene rings is 2. The van der Waals surface area contributed by atoms with E-state index in [2.05, 4.69) is 5.73 Å². The van der Waals surface area contributed by atoms with Crippen molar-refractivity contribution in [2.24, 2.45) is 0 Å². The first kappa shape index (κ1) is 17.4. The monoisotopic (exact) mass is 362 g/mol. The molecule has 0 saturated heterocycles. The van der Waals surface area contributed by atoms with Crippen molar-refractivity contribution in [3.8, 4) is 0 Å². The Kier molecular flexibility index (Phi) is 4.70. The van der Waals surface area contributed by atoms with Crippen molar-refractivity contribution in [1.29, 1.82) is 0 Å². The molecule has 4 rings (SSSR count). The molecule has 0 atom stereocenters. The van der Waals surface area contributed by atoms with Gasteiger partial charge in [-0.2, -0.15) is 0 Å². The van der Waals surface area contributed by atoms with Crippen LogP contribution in [0, 0.1) is 5.82 Å². The van der Waals surface area contributed by atoms with Gasteiger partial charge in [0.05, 0.1) is 0 Å². The molecule has 2 aromatic rings. The van der Waals surface area contributed by atoms with E-state index in [0.29, 0.717) is 0 Å². The number of fused-ring (bicyclic) bond motifs is 1. The molecule has 0 N–H and O–H groups in total. The summed E-state index contributed by atoms with van der Waals surface area (Å²) in [7, 11) is 0. The number of hydrogen-bond donors (Lipinski definition) is 0. The van der Waals surface area contributed by atoms with Crippen LogP contribution in [-0.2, 0) is 6.42 Å². The molecule has 0 unspecified atom stereocenters. The van der Waals surface area contributed by atoms with Gasteiger partial charge in [0, 0.05) is 5.56 Å². The Labute approximate surface area is 156 Å². The average Bonchev–Trinajstić information content (AvgIpc) is 2.97. The molecule has 0 heterocycles. The maximum atomic E-state index is 13.8. The van der Waals surface area contributed by atoms with E-state index in [1.54, 1.807) is 24.3 Å². The van der Waals surface area contributed by atoms with Crippen LogP contribution >= 0.6 is 0 Å². The van der Waals surface area contributed by atoms with Crippen LogP contribution in [-0.4, -0.2) is 0 Å². The van der Waals surface area contributed by atoms with Crippen LogP contribution in [0.25, 0.3) is 11.6 Å². The number of rotatable bonds is 2. The zero-order valence-electron chi connectivity index (χ0n) is 14.6. The van der Waals surface area contributed by atoms with E-state index in [4.69, 9.17) is 0 Å². The van der Waals surface area contributed by atoms with Gasteiger partial charge in [-0.05, 0) is 76.6 Å². The molecule has 0 saturated carbocycles. The molecule has 0 fully saturated rings. The molecule has 0 nitrogen and oxygen atoms in total. The van der Waals surface area contributed by atoms with Crippen molar-refractivity contribution in [2.45, 2.75) is 19.3 Å². The summed E-state index contributed by atoms with van der Waals surface area (Å²) in [6.07, 6.45) is 8.81. The lowest BCUT2D eigenvalue weighted by molar-refractivity contribution is 0.151. The number of hydrogen-bond acceptors (Lipinski definition) is 0. The molecule has 0 spiro atoms.